The van der Waals surface area contributed by atoms with E-state index in [0.717, 1.165) is 16.4 Å². The molecule has 1 fully saturated rings. The van der Waals surface area contributed by atoms with E-state index in [1.54, 1.807) is 0 Å². The molecule has 100 valence electrons. The standard InChI is InChI=1S/C11H15FN2O3S/c12-10-4-3-8(13)6-11(10)18(16,17)14-5-1-2-9(14)7-15/h3-4,6,9,15H,1-2,5,7,13H2/t9-/m1/s1. The molecule has 0 aromatic heterocycles. The fraction of sp³-hybridized carbons (Fsp3) is 0.455. The van der Waals surface area contributed by atoms with Gasteiger partial charge in [0.2, 0.25) is 10.0 Å². The third-order valence-electron chi connectivity index (χ3n) is 3.08. The van der Waals surface area contributed by atoms with E-state index in [4.69, 9.17) is 10.8 Å². The maximum atomic E-state index is 13.6. The number of halogens is 1. The van der Waals surface area contributed by atoms with Crippen molar-refractivity contribution in [2.75, 3.05) is 18.9 Å². The molecule has 1 atom stereocenters. The maximum Gasteiger partial charge on any atom is 0.246 e. The fourth-order valence-electron chi connectivity index (χ4n) is 2.15. The molecule has 1 heterocycles. The molecule has 1 saturated heterocycles. The zero-order valence-electron chi connectivity index (χ0n) is 9.71. The van der Waals surface area contributed by atoms with E-state index >= 15 is 0 Å². The lowest BCUT2D eigenvalue weighted by Crippen LogP contribution is -2.38. The predicted octanol–water partition coefficient (Wildman–Crippen LogP) is 0.553. The summed E-state index contributed by atoms with van der Waals surface area (Å²) >= 11 is 0. The van der Waals surface area contributed by atoms with Crippen molar-refractivity contribution in [3.05, 3.63) is 24.0 Å². The van der Waals surface area contributed by atoms with Gasteiger partial charge in [0.05, 0.1) is 6.61 Å². The van der Waals surface area contributed by atoms with Crippen LogP contribution in [-0.4, -0.2) is 37.0 Å². The molecule has 0 aliphatic carbocycles. The monoisotopic (exact) mass is 274 g/mol. The van der Waals surface area contributed by atoms with Gasteiger partial charge in [-0.15, -0.1) is 0 Å². The van der Waals surface area contributed by atoms with E-state index < -0.39 is 26.8 Å². The van der Waals surface area contributed by atoms with E-state index in [2.05, 4.69) is 0 Å². The van der Waals surface area contributed by atoms with Crippen LogP contribution in [0.1, 0.15) is 12.8 Å². The largest absolute Gasteiger partial charge is 0.399 e. The van der Waals surface area contributed by atoms with Crippen LogP contribution >= 0.6 is 0 Å². The van der Waals surface area contributed by atoms with Gasteiger partial charge in [0, 0.05) is 18.3 Å². The van der Waals surface area contributed by atoms with E-state index in [0.29, 0.717) is 19.4 Å². The van der Waals surface area contributed by atoms with Crippen LogP contribution in [0.2, 0.25) is 0 Å². The molecule has 7 heteroatoms. The molecule has 1 aliphatic rings. The Morgan fingerprint density at radius 3 is 2.89 bits per heavy atom. The van der Waals surface area contributed by atoms with Gasteiger partial charge in [0.15, 0.2) is 0 Å². The smallest absolute Gasteiger partial charge is 0.246 e. The lowest BCUT2D eigenvalue weighted by molar-refractivity contribution is 0.213. The van der Waals surface area contributed by atoms with Gasteiger partial charge in [-0.05, 0) is 31.0 Å². The number of hydrogen-bond acceptors (Lipinski definition) is 4. The Labute approximate surface area is 105 Å². The summed E-state index contributed by atoms with van der Waals surface area (Å²) in [5.74, 6) is -0.826. The molecule has 5 nitrogen and oxygen atoms in total. The lowest BCUT2D eigenvalue weighted by atomic mass is 10.2. The van der Waals surface area contributed by atoms with Crippen LogP contribution < -0.4 is 5.73 Å². The summed E-state index contributed by atoms with van der Waals surface area (Å²) in [6.45, 7) is 0.0327. The van der Waals surface area contributed by atoms with Crippen molar-refractivity contribution in [1.29, 1.82) is 0 Å². The molecule has 0 spiro atoms. The van der Waals surface area contributed by atoms with E-state index in [-0.39, 0.29) is 12.3 Å². The highest BCUT2D eigenvalue weighted by molar-refractivity contribution is 7.89. The van der Waals surface area contributed by atoms with Gasteiger partial charge >= 0.3 is 0 Å². The summed E-state index contributed by atoms with van der Waals surface area (Å²) in [7, 11) is -3.93. The van der Waals surface area contributed by atoms with Crippen LogP contribution in [-0.2, 0) is 10.0 Å². The van der Waals surface area contributed by atoms with Crippen molar-refractivity contribution in [3.8, 4) is 0 Å². The molecule has 0 bridgehead atoms. The molecule has 1 aromatic carbocycles. The topological polar surface area (TPSA) is 83.6 Å². The zero-order chi connectivity index (χ0) is 13.3. The Morgan fingerprint density at radius 2 is 2.22 bits per heavy atom. The fourth-order valence-corrected chi connectivity index (χ4v) is 3.94. The summed E-state index contributed by atoms with van der Waals surface area (Å²) in [6.07, 6.45) is 1.24. The van der Waals surface area contributed by atoms with Crippen LogP contribution in [0.25, 0.3) is 0 Å². The number of aliphatic hydroxyl groups is 1. The van der Waals surface area contributed by atoms with Gasteiger partial charge in [-0.25, -0.2) is 12.8 Å². The van der Waals surface area contributed by atoms with Gasteiger partial charge in [-0.2, -0.15) is 4.31 Å². The average molecular weight is 274 g/mol. The molecule has 0 unspecified atom stereocenters. The Bertz CT molecular complexity index is 547. The number of nitrogens with zero attached hydrogens (tertiary/aromatic N) is 1. The first-order valence-electron chi connectivity index (χ1n) is 5.64. The number of hydrogen-bond donors (Lipinski definition) is 2. The highest BCUT2D eigenvalue weighted by Crippen LogP contribution is 2.28. The van der Waals surface area contributed by atoms with Crippen molar-refractivity contribution in [2.24, 2.45) is 0 Å². The molecule has 0 amide bonds. The number of benzene rings is 1. The molecule has 1 aliphatic heterocycles. The number of sulfonamides is 1. The number of nitrogen functional groups attached to an aromatic ring is 1. The molecule has 0 radical (unpaired) electrons. The lowest BCUT2D eigenvalue weighted by Gasteiger charge is -2.22. The minimum absolute atomic E-state index is 0.190. The molecule has 2 rings (SSSR count). The van der Waals surface area contributed by atoms with Crippen LogP contribution in [0.15, 0.2) is 23.1 Å². The van der Waals surface area contributed by atoms with Gasteiger partial charge in [-0.3, -0.25) is 0 Å². The van der Waals surface area contributed by atoms with Crippen molar-refractivity contribution in [3.63, 3.8) is 0 Å². The molecule has 0 saturated carbocycles. The average Bonchev–Trinajstić information content (AvgIpc) is 2.81. The minimum Gasteiger partial charge on any atom is -0.399 e. The van der Waals surface area contributed by atoms with Gasteiger partial charge in [0.1, 0.15) is 10.7 Å². The molecular weight excluding hydrogens is 259 g/mol. The second kappa shape index (κ2) is 4.83. The summed E-state index contributed by atoms with van der Waals surface area (Å²) in [5, 5.41) is 9.15. The molecule has 18 heavy (non-hydrogen) atoms. The van der Waals surface area contributed by atoms with Crippen molar-refractivity contribution in [2.45, 2.75) is 23.8 Å². The molecule has 1 aromatic rings. The molecular formula is C11H15FN2O3S. The van der Waals surface area contributed by atoms with Crippen LogP contribution in [0.5, 0.6) is 0 Å². The summed E-state index contributed by atoms with van der Waals surface area (Å²) in [6, 6.07) is 2.97. The Hall–Kier alpha value is -1.18. The van der Waals surface area contributed by atoms with Crippen LogP contribution in [0.3, 0.4) is 0 Å². The highest BCUT2D eigenvalue weighted by Gasteiger charge is 2.36. The molecule has 3 N–H and O–H groups in total. The van der Waals surface area contributed by atoms with Gasteiger partial charge in [-0.1, -0.05) is 0 Å². The second-order valence-electron chi connectivity index (χ2n) is 4.28. The van der Waals surface area contributed by atoms with Gasteiger partial charge < -0.3 is 10.8 Å². The SMILES string of the molecule is Nc1ccc(F)c(S(=O)(=O)N2CCC[C@@H]2CO)c1. The number of rotatable bonds is 3. The Balaban J connectivity index is 2.45. The summed E-state index contributed by atoms with van der Waals surface area (Å²) in [5.41, 5.74) is 5.68. The normalized spacial score (nSPS) is 21.3. The Kier molecular flexibility index (Phi) is 3.56. The van der Waals surface area contributed by atoms with E-state index in [9.17, 15) is 12.8 Å². The van der Waals surface area contributed by atoms with Crippen LogP contribution in [0, 0.1) is 5.82 Å². The van der Waals surface area contributed by atoms with E-state index in [1.807, 2.05) is 0 Å². The minimum atomic E-state index is -3.93. The predicted molar refractivity (Wildman–Crippen MR) is 64.8 cm³/mol. The third-order valence-corrected chi connectivity index (χ3v) is 5.04. The van der Waals surface area contributed by atoms with Gasteiger partial charge in [0.25, 0.3) is 0 Å². The quantitative estimate of drug-likeness (QED) is 0.789. The first-order valence-corrected chi connectivity index (χ1v) is 7.08. The number of nitrogens with two attached hydrogens (primary N) is 1. The number of anilines is 1. The summed E-state index contributed by atoms with van der Waals surface area (Å²) in [4.78, 5) is -0.428. The maximum absolute atomic E-state index is 13.6. The first-order chi connectivity index (χ1) is 8.46. The second-order valence-corrected chi connectivity index (χ2v) is 6.14. The first kappa shape index (κ1) is 13.3. The van der Waals surface area contributed by atoms with Crippen molar-refractivity contribution < 1.29 is 17.9 Å². The van der Waals surface area contributed by atoms with Crippen LogP contribution in [0.4, 0.5) is 10.1 Å². The summed E-state index contributed by atoms with van der Waals surface area (Å²) < 4.78 is 39.4. The third kappa shape index (κ3) is 2.21. The number of aliphatic hydroxyl groups excluding tert-OH is 1. The van der Waals surface area contributed by atoms with Crippen molar-refractivity contribution >= 4 is 15.7 Å². The zero-order valence-corrected chi connectivity index (χ0v) is 10.5. The highest BCUT2D eigenvalue weighted by atomic mass is 32.2. The Morgan fingerprint density at radius 1 is 1.50 bits per heavy atom. The van der Waals surface area contributed by atoms with Crippen molar-refractivity contribution in [1.82, 2.24) is 4.31 Å². The van der Waals surface area contributed by atoms with E-state index in [1.165, 1.54) is 6.07 Å².